The van der Waals surface area contributed by atoms with E-state index in [1.165, 1.54) is 70.6 Å². The van der Waals surface area contributed by atoms with Gasteiger partial charge in [0.05, 0.1) is 0 Å². The van der Waals surface area contributed by atoms with Gasteiger partial charge in [-0.05, 0) is 24.8 Å². The third-order valence-electron chi connectivity index (χ3n) is 4.07. The van der Waals surface area contributed by atoms with Crippen LogP contribution < -0.4 is 5.73 Å². The van der Waals surface area contributed by atoms with Crippen LogP contribution in [0.15, 0.2) is 0 Å². The first-order valence-electron chi connectivity index (χ1n) is 8.44. The van der Waals surface area contributed by atoms with E-state index in [-0.39, 0.29) is 0 Å². The maximum Gasteiger partial charge on any atom is -0.00514 e. The van der Waals surface area contributed by atoms with E-state index in [9.17, 15) is 0 Å². The van der Waals surface area contributed by atoms with Crippen LogP contribution in [-0.2, 0) is 0 Å². The zero-order chi connectivity index (χ0) is 13.6. The zero-order valence-electron chi connectivity index (χ0n) is 13.2. The Kier molecular flexibility index (Phi) is 13.4. The van der Waals surface area contributed by atoms with Crippen molar-refractivity contribution in [1.29, 1.82) is 0 Å². The van der Waals surface area contributed by atoms with E-state index in [0.29, 0.717) is 5.92 Å². The molecule has 0 aliphatic rings. The van der Waals surface area contributed by atoms with Crippen LogP contribution in [0.4, 0.5) is 0 Å². The number of hydrogen-bond donors (Lipinski definition) is 1. The first-order valence-corrected chi connectivity index (χ1v) is 8.44. The molecule has 0 aliphatic heterocycles. The summed E-state index contributed by atoms with van der Waals surface area (Å²) in [5, 5.41) is 0. The van der Waals surface area contributed by atoms with E-state index in [1.54, 1.807) is 0 Å². The molecule has 0 heterocycles. The molecule has 0 amide bonds. The van der Waals surface area contributed by atoms with Crippen molar-refractivity contribution < 1.29 is 0 Å². The van der Waals surface area contributed by atoms with E-state index in [0.717, 1.165) is 12.5 Å². The van der Waals surface area contributed by atoms with Crippen LogP contribution in [0.2, 0.25) is 0 Å². The van der Waals surface area contributed by atoms with Crippen molar-refractivity contribution in [3.63, 3.8) is 0 Å². The highest BCUT2D eigenvalue weighted by atomic mass is 14.5. The molecular formula is C17H37N. The average molecular weight is 255 g/mol. The molecule has 0 saturated carbocycles. The van der Waals surface area contributed by atoms with Gasteiger partial charge in [-0.15, -0.1) is 0 Å². The van der Waals surface area contributed by atoms with E-state index < -0.39 is 0 Å². The molecule has 0 aromatic rings. The largest absolute Gasteiger partial charge is 0.330 e. The predicted octanol–water partition coefficient (Wildman–Crippen LogP) is 5.53. The summed E-state index contributed by atoms with van der Waals surface area (Å²) in [5.41, 5.74) is 5.77. The lowest BCUT2D eigenvalue weighted by molar-refractivity contribution is 0.332. The Labute approximate surface area is 116 Å². The fraction of sp³-hybridized carbons (Fsp3) is 1.00. The van der Waals surface area contributed by atoms with Crippen LogP contribution in [-0.4, -0.2) is 6.54 Å². The van der Waals surface area contributed by atoms with E-state index in [2.05, 4.69) is 20.8 Å². The van der Waals surface area contributed by atoms with Crippen molar-refractivity contribution >= 4 is 0 Å². The van der Waals surface area contributed by atoms with Crippen LogP contribution in [0.3, 0.4) is 0 Å². The summed E-state index contributed by atoms with van der Waals surface area (Å²) in [4.78, 5) is 0. The molecule has 1 atom stereocenters. The molecule has 1 unspecified atom stereocenters. The second-order valence-corrected chi connectivity index (χ2v) is 6.14. The van der Waals surface area contributed by atoms with Gasteiger partial charge in [0.2, 0.25) is 0 Å². The highest BCUT2D eigenvalue weighted by molar-refractivity contribution is 4.65. The molecule has 0 bridgehead atoms. The van der Waals surface area contributed by atoms with Gasteiger partial charge in [0.25, 0.3) is 0 Å². The van der Waals surface area contributed by atoms with Crippen molar-refractivity contribution in [2.24, 2.45) is 17.6 Å². The normalized spacial score (nSPS) is 13.2. The smallest absolute Gasteiger partial charge is 0.00514 e. The molecule has 0 aromatic heterocycles. The summed E-state index contributed by atoms with van der Waals surface area (Å²) in [6.07, 6.45) is 15.5. The van der Waals surface area contributed by atoms with Gasteiger partial charge in [0.1, 0.15) is 0 Å². The van der Waals surface area contributed by atoms with Gasteiger partial charge in [0.15, 0.2) is 0 Å². The SMILES string of the molecule is CCCCCCC(CCCCCC)CC(C)CN. The number of hydrogen-bond acceptors (Lipinski definition) is 1. The van der Waals surface area contributed by atoms with Gasteiger partial charge in [-0.2, -0.15) is 0 Å². The molecule has 110 valence electrons. The number of unbranched alkanes of at least 4 members (excludes halogenated alkanes) is 6. The molecule has 0 radical (unpaired) electrons. The van der Waals surface area contributed by atoms with Crippen molar-refractivity contribution in [2.45, 2.75) is 91.4 Å². The highest BCUT2D eigenvalue weighted by Gasteiger charge is 2.12. The first-order chi connectivity index (χ1) is 8.74. The van der Waals surface area contributed by atoms with Gasteiger partial charge >= 0.3 is 0 Å². The lowest BCUT2D eigenvalue weighted by Gasteiger charge is -2.20. The van der Waals surface area contributed by atoms with Crippen LogP contribution in [0, 0.1) is 11.8 Å². The van der Waals surface area contributed by atoms with E-state index in [1.807, 2.05) is 0 Å². The van der Waals surface area contributed by atoms with E-state index >= 15 is 0 Å². The first kappa shape index (κ1) is 18.0. The second kappa shape index (κ2) is 13.4. The molecule has 1 heteroatoms. The molecule has 2 N–H and O–H groups in total. The third kappa shape index (κ3) is 11.1. The summed E-state index contributed by atoms with van der Waals surface area (Å²) in [6, 6.07) is 0. The topological polar surface area (TPSA) is 26.0 Å². The van der Waals surface area contributed by atoms with Crippen LogP contribution in [0.1, 0.15) is 91.4 Å². The zero-order valence-corrected chi connectivity index (χ0v) is 13.2. The summed E-state index contributed by atoms with van der Waals surface area (Å²) in [6.45, 7) is 7.75. The lowest BCUT2D eigenvalue weighted by atomic mass is 9.87. The third-order valence-corrected chi connectivity index (χ3v) is 4.07. The molecule has 0 fully saturated rings. The van der Waals surface area contributed by atoms with Crippen LogP contribution in [0.5, 0.6) is 0 Å². The molecular weight excluding hydrogens is 218 g/mol. The Hall–Kier alpha value is -0.0400. The standard InChI is InChI=1S/C17H37N/c1-4-6-8-10-12-17(14-16(3)15-18)13-11-9-7-5-2/h16-17H,4-15,18H2,1-3H3. The lowest BCUT2D eigenvalue weighted by Crippen LogP contribution is -2.15. The predicted molar refractivity (Wildman–Crippen MR) is 83.8 cm³/mol. The van der Waals surface area contributed by atoms with Crippen molar-refractivity contribution in [3.05, 3.63) is 0 Å². The van der Waals surface area contributed by atoms with Crippen molar-refractivity contribution in [3.8, 4) is 0 Å². The molecule has 0 spiro atoms. The Balaban J connectivity index is 3.77. The molecule has 0 aromatic carbocycles. The maximum atomic E-state index is 5.77. The van der Waals surface area contributed by atoms with Gasteiger partial charge in [-0.3, -0.25) is 0 Å². The Morgan fingerprint density at radius 3 is 1.67 bits per heavy atom. The molecule has 0 saturated heterocycles. The average Bonchev–Trinajstić information content (AvgIpc) is 2.39. The van der Waals surface area contributed by atoms with Gasteiger partial charge in [-0.25, -0.2) is 0 Å². The minimum absolute atomic E-state index is 0.715. The molecule has 18 heavy (non-hydrogen) atoms. The van der Waals surface area contributed by atoms with Gasteiger partial charge in [-0.1, -0.05) is 85.0 Å². The molecule has 0 aliphatic carbocycles. The van der Waals surface area contributed by atoms with Crippen molar-refractivity contribution in [2.75, 3.05) is 6.54 Å². The minimum atomic E-state index is 0.715. The maximum absolute atomic E-state index is 5.77. The monoisotopic (exact) mass is 255 g/mol. The summed E-state index contributed by atoms with van der Waals surface area (Å²) < 4.78 is 0. The summed E-state index contributed by atoms with van der Waals surface area (Å²) in [7, 11) is 0. The van der Waals surface area contributed by atoms with Crippen LogP contribution >= 0.6 is 0 Å². The van der Waals surface area contributed by atoms with Gasteiger partial charge in [0, 0.05) is 0 Å². The minimum Gasteiger partial charge on any atom is -0.330 e. The Bertz CT molecular complexity index is 144. The number of rotatable bonds is 13. The quantitative estimate of drug-likeness (QED) is 0.430. The molecule has 1 nitrogen and oxygen atoms in total. The fourth-order valence-corrected chi connectivity index (χ4v) is 2.76. The molecule has 0 rings (SSSR count). The van der Waals surface area contributed by atoms with E-state index in [4.69, 9.17) is 5.73 Å². The Morgan fingerprint density at radius 1 is 0.778 bits per heavy atom. The summed E-state index contributed by atoms with van der Waals surface area (Å²) in [5.74, 6) is 1.66. The Morgan fingerprint density at radius 2 is 1.28 bits per heavy atom. The fourth-order valence-electron chi connectivity index (χ4n) is 2.76. The highest BCUT2D eigenvalue weighted by Crippen LogP contribution is 2.24. The van der Waals surface area contributed by atoms with Gasteiger partial charge < -0.3 is 5.73 Å². The van der Waals surface area contributed by atoms with Crippen LogP contribution in [0.25, 0.3) is 0 Å². The summed E-state index contributed by atoms with van der Waals surface area (Å²) >= 11 is 0. The number of nitrogens with two attached hydrogens (primary N) is 1. The second-order valence-electron chi connectivity index (χ2n) is 6.14. The van der Waals surface area contributed by atoms with Crippen molar-refractivity contribution in [1.82, 2.24) is 0 Å².